The van der Waals surface area contributed by atoms with Gasteiger partial charge in [0.25, 0.3) is 0 Å². The molecule has 0 heterocycles. The summed E-state index contributed by atoms with van der Waals surface area (Å²) in [7, 11) is 0. The smallest absolute Gasteiger partial charge is 0.0484 e. The van der Waals surface area contributed by atoms with Crippen molar-refractivity contribution in [3.63, 3.8) is 0 Å². The molecule has 3 heteroatoms. The first-order valence-corrected chi connectivity index (χ1v) is 3.89. The molecule has 0 aromatic heterocycles. The molecular weight excluding hydrogens is 226 g/mol. The monoisotopic (exact) mass is 234 g/mol. The fourth-order valence-corrected chi connectivity index (χ4v) is 1.43. The first kappa shape index (κ1) is 12.6. The fraction of sp³-hybridized carbons (Fsp3) is 0. The van der Waals surface area contributed by atoms with Gasteiger partial charge in [0.15, 0.2) is 0 Å². The molecule has 0 radical (unpaired) electrons. The molecule has 0 N–H and O–H groups in total. The molecule has 0 fully saturated rings. The van der Waals surface area contributed by atoms with Crippen LogP contribution in [0.25, 0.3) is 10.8 Å². The SMILES string of the molecule is Cl.Cl.Clc1cccc2ccccc12. The van der Waals surface area contributed by atoms with Gasteiger partial charge in [-0.3, -0.25) is 0 Å². The number of benzene rings is 2. The molecule has 0 atom stereocenters. The van der Waals surface area contributed by atoms with Gasteiger partial charge in [0, 0.05) is 10.4 Å². The highest BCUT2D eigenvalue weighted by Crippen LogP contribution is 2.21. The van der Waals surface area contributed by atoms with Gasteiger partial charge in [-0.2, -0.15) is 0 Å². The number of hydrogen-bond acceptors (Lipinski definition) is 0. The summed E-state index contributed by atoms with van der Waals surface area (Å²) in [5, 5.41) is 3.14. The Morgan fingerprint density at radius 3 is 2.08 bits per heavy atom. The summed E-state index contributed by atoms with van der Waals surface area (Å²) >= 11 is 5.96. The van der Waals surface area contributed by atoms with Crippen LogP contribution in [-0.2, 0) is 0 Å². The van der Waals surface area contributed by atoms with E-state index in [4.69, 9.17) is 11.6 Å². The van der Waals surface area contributed by atoms with Gasteiger partial charge in [-0.05, 0) is 11.5 Å². The Labute approximate surface area is 94.7 Å². The maximum absolute atomic E-state index is 5.96. The van der Waals surface area contributed by atoms with E-state index in [1.807, 2.05) is 30.3 Å². The minimum Gasteiger partial charge on any atom is -0.147 e. The second kappa shape index (κ2) is 5.33. The molecule has 2 aromatic carbocycles. The van der Waals surface area contributed by atoms with Crippen molar-refractivity contribution in [1.29, 1.82) is 0 Å². The summed E-state index contributed by atoms with van der Waals surface area (Å²) in [5.41, 5.74) is 0. The molecule has 0 aliphatic rings. The van der Waals surface area contributed by atoms with Crippen molar-refractivity contribution in [2.75, 3.05) is 0 Å². The second-order valence-electron chi connectivity index (χ2n) is 2.46. The molecule has 0 saturated carbocycles. The molecule has 0 unspecified atom stereocenters. The molecule has 0 nitrogen and oxygen atoms in total. The average molecular weight is 236 g/mol. The van der Waals surface area contributed by atoms with Crippen molar-refractivity contribution in [1.82, 2.24) is 0 Å². The van der Waals surface area contributed by atoms with Crippen molar-refractivity contribution in [2.45, 2.75) is 0 Å². The van der Waals surface area contributed by atoms with Gasteiger partial charge in [0.05, 0.1) is 0 Å². The van der Waals surface area contributed by atoms with Crippen molar-refractivity contribution in [3.05, 3.63) is 47.5 Å². The standard InChI is InChI=1S/C10H7Cl.2ClH/c11-10-7-3-5-8-4-1-2-6-9(8)10;;/h1-7H;2*1H. The van der Waals surface area contributed by atoms with E-state index in [0.29, 0.717) is 0 Å². The van der Waals surface area contributed by atoms with E-state index in [-0.39, 0.29) is 24.8 Å². The molecular formula is C10H9Cl3. The maximum atomic E-state index is 5.96. The highest BCUT2D eigenvalue weighted by molar-refractivity contribution is 6.35. The maximum Gasteiger partial charge on any atom is 0.0484 e. The van der Waals surface area contributed by atoms with E-state index in [9.17, 15) is 0 Å². The Balaban J connectivity index is 0.000000720. The van der Waals surface area contributed by atoms with Crippen LogP contribution < -0.4 is 0 Å². The van der Waals surface area contributed by atoms with Crippen LogP contribution in [-0.4, -0.2) is 0 Å². The topological polar surface area (TPSA) is 0 Å². The summed E-state index contributed by atoms with van der Waals surface area (Å²) in [6, 6.07) is 14.0. The number of fused-ring (bicyclic) bond motifs is 1. The third-order valence-electron chi connectivity index (χ3n) is 1.74. The lowest BCUT2D eigenvalue weighted by Gasteiger charge is -1.97. The Morgan fingerprint density at radius 1 is 0.769 bits per heavy atom. The zero-order valence-corrected chi connectivity index (χ0v) is 9.12. The third kappa shape index (κ3) is 2.50. The first-order valence-electron chi connectivity index (χ1n) is 3.51. The molecule has 0 bridgehead atoms. The molecule has 0 aliphatic carbocycles. The summed E-state index contributed by atoms with van der Waals surface area (Å²) in [5.74, 6) is 0. The summed E-state index contributed by atoms with van der Waals surface area (Å²) in [6.45, 7) is 0. The highest BCUT2D eigenvalue weighted by Gasteiger charge is 1.93. The van der Waals surface area contributed by atoms with Gasteiger partial charge in [-0.1, -0.05) is 48.0 Å². The van der Waals surface area contributed by atoms with Crippen LogP contribution in [0.15, 0.2) is 42.5 Å². The Kier molecular flexibility index (Phi) is 5.16. The summed E-state index contributed by atoms with van der Waals surface area (Å²) in [4.78, 5) is 0. The van der Waals surface area contributed by atoms with Crippen molar-refractivity contribution in [3.8, 4) is 0 Å². The molecule has 0 amide bonds. The highest BCUT2D eigenvalue weighted by atomic mass is 35.5. The zero-order chi connectivity index (χ0) is 7.68. The molecule has 70 valence electrons. The van der Waals surface area contributed by atoms with Gasteiger partial charge in [0.1, 0.15) is 0 Å². The first-order chi connectivity index (χ1) is 5.38. The van der Waals surface area contributed by atoms with Gasteiger partial charge >= 0.3 is 0 Å². The van der Waals surface area contributed by atoms with E-state index >= 15 is 0 Å². The predicted octanol–water partition coefficient (Wildman–Crippen LogP) is 4.34. The van der Waals surface area contributed by atoms with Crippen molar-refractivity contribution < 1.29 is 0 Å². The average Bonchev–Trinajstić information content (AvgIpc) is 2.06. The van der Waals surface area contributed by atoms with Crippen LogP contribution in [0.4, 0.5) is 0 Å². The minimum atomic E-state index is 0. The zero-order valence-electron chi connectivity index (χ0n) is 6.74. The van der Waals surface area contributed by atoms with Crippen molar-refractivity contribution >= 4 is 47.2 Å². The number of rotatable bonds is 0. The van der Waals surface area contributed by atoms with Crippen LogP contribution in [0.1, 0.15) is 0 Å². The molecule has 2 aromatic rings. The summed E-state index contributed by atoms with van der Waals surface area (Å²) < 4.78 is 0. The van der Waals surface area contributed by atoms with Gasteiger partial charge < -0.3 is 0 Å². The van der Waals surface area contributed by atoms with Crippen LogP contribution in [0.3, 0.4) is 0 Å². The summed E-state index contributed by atoms with van der Waals surface area (Å²) in [6.07, 6.45) is 0. The Hall–Kier alpha value is -0.430. The van der Waals surface area contributed by atoms with E-state index in [1.165, 1.54) is 5.39 Å². The molecule has 0 spiro atoms. The molecule has 2 rings (SSSR count). The largest absolute Gasteiger partial charge is 0.147 e. The normalized spacial score (nSPS) is 8.69. The lowest BCUT2D eigenvalue weighted by molar-refractivity contribution is 1.75. The lowest BCUT2D eigenvalue weighted by Crippen LogP contribution is -1.70. The third-order valence-corrected chi connectivity index (χ3v) is 2.07. The van der Waals surface area contributed by atoms with E-state index in [1.54, 1.807) is 0 Å². The molecule has 0 saturated heterocycles. The van der Waals surface area contributed by atoms with E-state index < -0.39 is 0 Å². The second-order valence-corrected chi connectivity index (χ2v) is 2.87. The fourth-order valence-electron chi connectivity index (χ4n) is 1.19. The van der Waals surface area contributed by atoms with Crippen LogP contribution in [0.5, 0.6) is 0 Å². The van der Waals surface area contributed by atoms with Gasteiger partial charge in [-0.15, -0.1) is 24.8 Å². The van der Waals surface area contributed by atoms with Gasteiger partial charge in [0.2, 0.25) is 0 Å². The van der Waals surface area contributed by atoms with E-state index in [2.05, 4.69) is 12.1 Å². The number of hydrogen-bond donors (Lipinski definition) is 0. The Morgan fingerprint density at radius 2 is 1.38 bits per heavy atom. The predicted molar refractivity (Wildman–Crippen MR) is 63.5 cm³/mol. The van der Waals surface area contributed by atoms with Crippen LogP contribution in [0, 0.1) is 0 Å². The van der Waals surface area contributed by atoms with Crippen molar-refractivity contribution in [2.24, 2.45) is 0 Å². The molecule has 13 heavy (non-hydrogen) atoms. The van der Waals surface area contributed by atoms with Gasteiger partial charge in [-0.25, -0.2) is 0 Å². The van der Waals surface area contributed by atoms with Crippen LogP contribution in [0.2, 0.25) is 5.02 Å². The quantitative estimate of drug-likeness (QED) is 0.637. The Bertz CT molecular complexity index is 379. The molecule has 0 aliphatic heterocycles. The lowest BCUT2D eigenvalue weighted by atomic mass is 10.1. The van der Waals surface area contributed by atoms with Crippen LogP contribution >= 0.6 is 36.4 Å². The number of halogens is 3. The van der Waals surface area contributed by atoms with E-state index in [0.717, 1.165) is 10.4 Å². The minimum absolute atomic E-state index is 0.